The number of nitrogens with one attached hydrogen (secondary N) is 1. The van der Waals surface area contributed by atoms with E-state index >= 15 is 0 Å². The molecular formula is C21H26N4O. The zero-order valence-electron chi connectivity index (χ0n) is 15.1. The molecule has 26 heavy (non-hydrogen) atoms. The smallest absolute Gasteiger partial charge is 0.270 e. The molecular weight excluding hydrogens is 324 g/mol. The fourth-order valence-corrected chi connectivity index (χ4v) is 4.35. The highest BCUT2D eigenvalue weighted by atomic mass is 16.1. The Bertz CT molecular complexity index is 749. The van der Waals surface area contributed by atoms with Crippen molar-refractivity contribution >= 4 is 11.6 Å². The van der Waals surface area contributed by atoms with Crippen LogP contribution in [0.3, 0.4) is 0 Å². The van der Waals surface area contributed by atoms with E-state index in [0.29, 0.717) is 12.2 Å². The number of nitrogens with zero attached hydrogens (tertiary/aromatic N) is 3. The molecule has 0 spiro atoms. The van der Waals surface area contributed by atoms with Gasteiger partial charge in [-0.25, -0.2) is 0 Å². The van der Waals surface area contributed by atoms with Crippen LogP contribution in [0.2, 0.25) is 0 Å². The molecule has 0 aromatic carbocycles. The molecule has 5 nitrogen and oxygen atoms in total. The minimum atomic E-state index is -0.136. The van der Waals surface area contributed by atoms with Crippen LogP contribution in [0.25, 0.3) is 0 Å². The lowest BCUT2D eigenvalue weighted by Crippen LogP contribution is -2.42. The van der Waals surface area contributed by atoms with Crippen LogP contribution in [0.4, 0.5) is 5.69 Å². The second-order valence-corrected chi connectivity index (χ2v) is 7.48. The summed E-state index contributed by atoms with van der Waals surface area (Å²) < 4.78 is 0. The molecule has 1 aliphatic heterocycles. The fourth-order valence-electron chi connectivity index (χ4n) is 4.35. The highest BCUT2D eigenvalue weighted by Gasteiger charge is 2.31. The number of pyridine rings is 2. The first-order valence-corrected chi connectivity index (χ1v) is 9.68. The molecule has 2 fully saturated rings. The molecule has 2 aliphatic rings. The Morgan fingerprint density at radius 3 is 2.88 bits per heavy atom. The Morgan fingerprint density at radius 2 is 2.04 bits per heavy atom. The van der Waals surface area contributed by atoms with Crippen LogP contribution >= 0.6 is 0 Å². The van der Waals surface area contributed by atoms with E-state index in [2.05, 4.69) is 20.2 Å². The van der Waals surface area contributed by atoms with Crippen LogP contribution in [0, 0.1) is 11.8 Å². The average Bonchev–Trinajstić information content (AvgIpc) is 2.72. The van der Waals surface area contributed by atoms with Gasteiger partial charge in [0.05, 0.1) is 0 Å². The Balaban J connectivity index is 1.40. The van der Waals surface area contributed by atoms with Crippen molar-refractivity contribution < 1.29 is 4.79 Å². The van der Waals surface area contributed by atoms with Crippen LogP contribution in [0.15, 0.2) is 42.9 Å². The van der Waals surface area contributed by atoms with Gasteiger partial charge >= 0.3 is 0 Å². The monoisotopic (exact) mass is 350 g/mol. The molecule has 3 heterocycles. The molecule has 1 amide bonds. The van der Waals surface area contributed by atoms with Gasteiger partial charge in [-0.1, -0.05) is 25.3 Å². The summed E-state index contributed by atoms with van der Waals surface area (Å²) in [7, 11) is 0. The van der Waals surface area contributed by atoms with Gasteiger partial charge in [0.1, 0.15) is 5.69 Å². The predicted molar refractivity (Wildman–Crippen MR) is 102 cm³/mol. The Morgan fingerprint density at radius 1 is 1.15 bits per heavy atom. The second-order valence-electron chi connectivity index (χ2n) is 7.48. The molecule has 1 saturated carbocycles. The zero-order valence-corrected chi connectivity index (χ0v) is 15.1. The van der Waals surface area contributed by atoms with Gasteiger partial charge in [0.25, 0.3) is 5.91 Å². The number of carbonyl (C=O) groups is 1. The van der Waals surface area contributed by atoms with E-state index in [1.54, 1.807) is 18.6 Å². The first-order chi connectivity index (χ1) is 12.8. The highest BCUT2D eigenvalue weighted by molar-refractivity contribution is 5.93. The predicted octanol–water partition coefficient (Wildman–Crippen LogP) is 3.42. The van der Waals surface area contributed by atoms with Gasteiger partial charge in [-0.05, 0) is 48.4 Å². The number of piperidine rings is 1. The summed E-state index contributed by atoms with van der Waals surface area (Å²) in [4.78, 5) is 23.2. The van der Waals surface area contributed by atoms with E-state index in [1.165, 1.54) is 32.1 Å². The number of aromatic nitrogens is 2. The summed E-state index contributed by atoms with van der Waals surface area (Å²) in [5, 5.41) is 2.93. The average molecular weight is 350 g/mol. The molecule has 2 aromatic rings. The van der Waals surface area contributed by atoms with E-state index in [1.807, 2.05) is 24.3 Å². The Hall–Kier alpha value is -2.43. The normalized spacial score (nSPS) is 22.5. The molecule has 0 bridgehead atoms. The highest BCUT2D eigenvalue weighted by Crippen LogP contribution is 2.37. The standard InChI is InChI=1S/C21H26N4O/c26-21(24-14-16-4-3-9-22-13-16)20-12-19(7-10-23-20)25-11-8-17-5-1-2-6-18(17)15-25/h3-4,7,9-10,12-13,17-18H,1-2,5-6,8,11,14-15H2,(H,24,26)/t17-,18-/m0/s1. The number of rotatable bonds is 4. The number of carbonyl (C=O) groups excluding carboxylic acids is 1. The van der Waals surface area contributed by atoms with Crippen molar-refractivity contribution in [2.24, 2.45) is 11.8 Å². The lowest BCUT2D eigenvalue weighted by Gasteiger charge is -2.42. The first-order valence-electron chi connectivity index (χ1n) is 9.68. The SMILES string of the molecule is O=C(NCc1cccnc1)c1cc(N2CC[C@@H]3CCCC[C@H]3C2)ccn1. The van der Waals surface area contributed by atoms with Crippen molar-refractivity contribution in [1.29, 1.82) is 0 Å². The van der Waals surface area contributed by atoms with E-state index in [4.69, 9.17) is 0 Å². The van der Waals surface area contributed by atoms with Crippen LogP contribution in [-0.2, 0) is 6.54 Å². The van der Waals surface area contributed by atoms with Gasteiger partial charge in [-0.3, -0.25) is 14.8 Å². The largest absolute Gasteiger partial charge is 0.371 e. The summed E-state index contributed by atoms with van der Waals surface area (Å²) in [6.45, 7) is 2.67. The van der Waals surface area contributed by atoms with Crippen molar-refractivity contribution in [3.8, 4) is 0 Å². The van der Waals surface area contributed by atoms with Gasteiger partial charge in [0.15, 0.2) is 0 Å². The summed E-state index contributed by atoms with van der Waals surface area (Å²) in [5.41, 5.74) is 2.59. The maximum atomic E-state index is 12.5. The van der Waals surface area contributed by atoms with E-state index < -0.39 is 0 Å². The molecule has 1 N–H and O–H groups in total. The van der Waals surface area contributed by atoms with Gasteiger partial charge in [0, 0.05) is 43.9 Å². The minimum Gasteiger partial charge on any atom is -0.371 e. The van der Waals surface area contributed by atoms with Crippen molar-refractivity contribution in [2.75, 3.05) is 18.0 Å². The van der Waals surface area contributed by atoms with Crippen molar-refractivity contribution in [3.63, 3.8) is 0 Å². The summed E-state index contributed by atoms with van der Waals surface area (Å²) in [6.07, 6.45) is 12.0. The first kappa shape index (κ1) is 17.0. The van der Waals surface area contributed by atoms with Crippen LogP contribution in [0.1, 0.15) is 48.2 Å². The van der Waals surface area contributed by atoms with Gasteiger partial charge in [-0.15, -0.1) is 0 Å². The molecule has 1 aliphatic carbocycles. The fraction of sp³-hybridized carbons (Fsp3) is 0.476. The molecule has 2 aromatic heterocycles. The number of amides is 1. The van der Waals surface area contributed by atoms with Crippen LogP contribution in [0.5, 0.6) is 0 Å². The molecule has 4 rings (SSSR count). The quantitative estimate of drug-likeness (QED) is 0.918. The third-order valence-corrected chi connectivity index (χ3v) is 5.81. The maximum absolute atomic E-state index is 12.5. The second kappa shape index (κ2) is 7.85. The van der Waals surface area contributed by atoms with Crippen molar-refractivity contribution in [2.45, 2.75) is 38.6 Å². The molecule has 0 unspecified atom stereocenters. The van der Waals surface area contributed by atoms with E-state index in [9.17, 15) is 4.79 Å². The zero-order chi connectivity index (χ0) is 17.8. The van der Waals surface area contributed by atoms with Crippen molar-refractivity contribution in [3.05, 3.63) is 54.1 Å². The van der Waals surface area contributed by atoms with Gasteiger partial charge in [-0.2, -0.15) is 0 Å². The van der Waals surface area contributed by atoms with Crippen LogP contribution in [-0.4, -0.2) is 29.0 Å². The summed E-state index contributed by atoms with van der Waals surface area (Å²) in [5.74, 6) is 1.58. The van der Waals surface area contributed by atoms with E-state index in [-0.39, 0.29) is 5.91 Å². The number of hydrogen-bond donors (Lipinski definition) is 1. The van der Waals surface area contributed by atoms with E-state index in [0.717, 1.165) is 36.2 Å². The third-order valence-electron chi connectivity index (χ3n) is 5.81. The van der Waals surface area contributed by atoms with Gasteiger partial charge in [0.2, 0.25) is 0 Å². The third kappa shape index (κ3) is 3.87. The summed E-state index contributed by atoms with van der Waals surface area (Å²) >= 11 is 0. The lowest BCUT2D eigenvalue weighted by atomic mass is 9.75. The Labute approximate surface area is 154 Å². The maximum Gasteiger partial charge on any atom is 0.270 e. The number of anilines is 1. The number of hydrogen-bond acceptors (Lipinski definition) is 4. The molecule has 0 radical (unpaired) electrons. The van der Waals surface area contributed by atoms with Crippen molar-refractivity contribution in [1.82, 2.24) is 15.3 Å². The Kier molecular flexibility index (Phi) is 5.14. The summed E-state index contributed by atoms with van der Waals surface area (Å²) in [6, 6.07) is 7.78. The molecule has 2 atom stereocenters. The molecule has 136 valence electrons. The van der Waals surface area contributed by atoms with Gasteiger partial charge < -0.3 is 10.2 Å². The topological polar surface area (TPSA) is 58.1 Å². The lowest BCUT2D eigenvalue weighted by molar-refractivity contribution is 0.0946. The molecule has 5 heteroatoms. The van der Waals surface area contributed by atoms with Crippen LogP contribution < -0.4 is 10.2 Å². The number of fused-ring (bicyclic) bond motifs is 1. The molecule has 1 saturated heterocycles. The minimum absolute atomic E-state index is 0.136.